The number of hydrogen-bond donors (Lipinski definition) is 1. The topological polar surface area (TPSA) is 52.9 Å². The van der Waals surface area contributed by atoms with Crippen LogP contribution in [0.5, 0.6) is 0 Å². The van der Waals surface area contributed by atoms with Gasteiger partial charge in [-0.1, -0.05) is 37.1 Å². The third kappa shape index (κ3) is 3.35. The molecular weight excluding hydrogens is 333 g/mol. The minimum Gasteiger partial charge on any atom is -0.362 e. The number of carbonyl (C=O) groups excluding carboxylic acids is 1. The van der Waals surface area contributed by atoms with E-state index >= 15 is 0 Å². The normalized spacial score (nSPS) is 21.5. The first kappa shape index (κ1) is 17.7. The molecule has 1 aliphatic heterocycles. The van der Waals surface area contributed by atoms with Crippen LogP contribution in [0, 0.1) is 0 Å². The predicted molar refractivity (Wildman–Crippen MR) is 80.2 cm³/mol. The molecule has 0 radical (unpaired) electrons. The van der Waals surface area contributed by atoms with Gasteiger partial charge in [0.05, 0.1) is 10.6 Å². The minimum absolute atomic E-state index is 0.000710. The lowest BCUT2D eigenvalue weighted by molar-refractivity contribution is -0.297. The molecule has 126 valence electrons. The molecular formula is C15H16ClF3N2O2. The molecule has 1 heterocycles. The summed E-state index contributed by atoms with van der Waals surface area (Å²) in [6.45, 7) is 1.89. The van der Waals surface area contributed by atoms with Gasteiger partial charge >= 0.3 is 6.18 Å². The molecule has 0 spiro atoms. The van der Waals surface area contributed by atoms with E-state index in [2.05, 4.69) is 5.10 Å². The number of hydrazone groups is 1. The molecule has 8 heteroatoms. The van der Waals surface area contributed by atoms with Crippen molar-refractivity contribution in [3.8, 4) is 0 Å². The number of halogens is 4. The third-order valence-corrected chi connectivity index (χ3v) is 3.94. The number of unbranched alkanes of at least 4 members (excludes halogenated alkanes) is 1. The Morgan fingerprint density at radius 2 is 2.09 bits per heavy atom. The summed E-state index contributed by atoms with van der Waals surface area (Å²) in [5.41, 5.74) is -3.34. The molecule has 1 aromatic carbocycles. The molecule has 0 unspecified atom stereocenters. The monoisotopic (exact) mass is 348 g/mol. The Morgan fingerprint density at radius 1 is 1.43 bits per heavy atom. The molecule has 1 N–H and O–H groups in total. The summed E-state index contributed by atoms with van der Waals surface area (Å²) in [6, 6.07) is 5.71. The van der Waals surface area contributed by atoms with Crippen molar-refractivity contribution in [2.75, 3.05) is 0 Å². The summed E-state index contributed by atoms with van der Waals surface area (Å²) >= 11 is 5.87. The smallest absolute Gasteiger partial charge is 0.362 e. The summed E-state index contributed by atoms with van der Waals surface area (Å²) in [5, 5.41) is 13.9. The molecule has 1 aromatic rings. The first-order valence-corrected chi connectivity index (χ1v) is 7.53. The van der Waals surface area contributed by atoms with E-state index in [0.29, 0.717) is 12.8 Å². The highest BCUT2D eigenvalue weighted by Crippen LogP contribution is 2.42. The number of nitrogens with zero attached hydrogens (tertiary/aromatic N) is 2. The van der Waals surface area contributed by atoms with E-state index in [1.807, 2.05) is 6.92 Å². The van der Waals surface area contributed by atoms with Crippen LogP contribution in [0.2, 0.25) is 5.02 Å². The highest BCUT2D eigenvalue weighted by atomic mass is 35.5. The van der Waals surface area contributed by atoms with Crippen LogP contribution >= 0.6 is 11.6 Å². The number of amides is 1. The highest BCUT2D eigenvalue weighted by molar-refractivity contribution is 6.33. The number of benzene rings is 1. The minimum atomic E-state index is -5.03. The molecule has 2 rings (SSSR count). The predicted octanol–water partition coefficient (Wildman–Crippen LogP) is 3.98. The van der Waals surface area contributed by atoms with Gasteiger partial charge in [-0.15, -0.1) is 0 Å². The SMILES string of the molecule is CCCCC1=NN(C(=O)c2ccccc2Cl)[C@](O)(C(F)(F)F)C1. The van der Waals surface area contributed by atoms with E-state index in [-0.39, 0.29) is 21.3 Å². The molecule has 1 amide bonds. The van der Waals surface area contributed by atoms with Gasteiger partial charge in [0.1, 0.15) is 0 Å². The van der Waals surface area contributed by atoms with Gasteiger partial charge in [-0.05, 0) is 25.0 Å². The zero-order chi connectivity index (χ0) is 17.3. The Hall–Kier alpha value is -1.60. The second-order valence-electron chi connectivity index (χ2n) is 5.36. The largest absolute Gasteiger partial charge is 0.438 e. The van der Waals surface area contributed by atoms with E-state index in [1.165, 1.54) is 18.2 Å². The zero-order valence-corrected chi connectivity index (χ0v) is 13.2. The second-order valence-corrected chi connectivity index (χ2v) is 5.76. The summed E-state index contributed by atoms with van der Waals surface area (Å²) in [7, 11) is 0. The van der Waals surface area contributed by atoms with Crippen LogP contribution in [0.15, 0.2) is 29.4 Å². The Morgan fingerprint density at radius 3 is 2.65 bits per heavy atom. The molecule has 0 bridgehead atoms. The fourth-order valence-electron chi connectivity index (χ4n) is 2.32. The van der Waals surface area contributed by atoms with Crippen LogP contribution in [-0.4, -0.2) is 33.6 Å². The third-order valence-electron chi connectivity index (χ3n) is 3.61. The van der Waals surface area contributed by atoms with Crippen LogP contribution in [0.25, 0.3) is 0 Å². The van der Waals surface area contributed by atoms with E-state index < -0.39 is 24.2 Å². The van der Waals surface area contributed by atoms with Gasteiger partial charge in [-0.2, -0.15) is 23.3 Å². The lowest BCUT2D eigenvalue weighted by atomic mass is 10.0. The zero-order valence-electron chi connectivity index (χ0n) is 12.4. The van der Waals surface area contributed by atoms with Crippen molar-refractivity contribution in [3.05, 3.63) is 34.9 Å². The lowest BCUT2D eigenvalue weighted by Gasteiger charge is -2.32. The molecule has 0 fully saturated rings. The molecule has 1 aliphatic rings. The van der Waals surface area contributed by atoms with Gasteiger partial charge in [-0.25, -0.2) is 0 Å². The van der Waals surface area contributed by atoms with E-state index in [9.17, 15) is 23.1 Å². The number of aliphatic hydroxyl groups is 1. The standard InChI is InChI=1S/C15H16ClF3N2O2/c1-2-3-6-10-9-14(23,15(17,18)19)21(20-10)13(22)11-7-4-5-8-12(11)16/h4-5,7-8,23H,2-3,6,9H2,1H3/t14-/m1/s1. The Balaban J connectivity index is 2.40. The van der Waals surface area contributed by atoms with E-state index in [0.717, 1.165) is 6.42 Å². The van der Waals surface area contributed by atoms with Crippen molar-refractivity contribution in [1.82, 2.24) is 5.01 Å². The van der Waals surface area contributed by atoms with Gasteiger partial charge in [0, 0.05) is 12.1 Å². The summed E-state index contributed by atoms with van der Waals surface area (Å²) in [6.07, 6.45) is -4.09. The second kappa shape index (κ2) is 6.49. The molecule has 0 aromatic heterocycles. The van der Waals surface area contributed by atoms with Crippen molar-refractivity contribution >= 4 is 23.2 Å². The van der Waals surface area contributed by atoms with Crippen molar-refractivity contribution in [2.24, 2.45) is 5.10 Å². The number of alkyl halides is 3. The van der Waals surface area contributed by atoms with Crippen LogP contribution in [0.1, 0.15) is 43.0 Å². The number of hydrogen-bond acceptors (Lipinski definition) is 3. The van der Waals surface area contributed by atoms with Crippen LogP contribution in [-0.2, 0) is 0 Å². The fourth-order valence-corrected chi connectivity index (χ4v) is 2.54. The van der Waals surface area contributed by atoms with Gasteiger partial charge in [0.25, 0.3) is 11.6 Å². The molecule has 23 heavy (non-hydrogen) atoms. The molecule has 0 saturated carbocycles. The first-order chi connectivity index (χ1) is 10.7. The van der Waals surface area contributed by atoms with Gasteiger partial charge < -0.3 is 5.11 Å². The van der Waals surface area contributed by atoms with E-state index in [1.54, 1.807) is 6.07 Å². The quantitative estimate of drug-likeness (QED) is 0.894. The van der Waals surface area contributed by atoms with Crippen molar-refractivity contribution in [1.29, 1.82) is 0 Å². The average Bonchev–Trinajstić information content (AvgIpc) is 2.83. The number of carbonyl (C=O) groups is 1. The van der Waals surface area contributed by atoms with E-state index in [4.69, 9.17) is 11.6 Å². The maximum Gasteiger partial charge on any atom is 0.438 e. The molecule has 1 atom stereocenters. The first-order valence-electron chi connectivity index (χ1n) is 7.15. The van der Waals surface area contributed by atoms with Gasteiger partial charge in [-0.3, -0.25) is 4.79 Å². The summed E-state index contributed by atoms with van der Waals surface area (Å²) < 4.78 is 40.0. The Labute approximate surface area is 136 Å². The molecule has 4 nitrogen and oxygen atoms in total. The Bertz CT molecular complexity index is 633. The Kier molecular flexibility index (Phi) is 5.01. The summed E-state index contributed by atoms with van der Waals surface area (Å²) in [4.78, 5) is 12.4. The van der Waals surface area contributed by atoms with Crippen LogP contribution < -0.4 is 0 Å². The van der Waals surface area contributed by atoms with Gasteiger partial charge in [0.2, 0.25) is 0 Å². The average molecular weight is 349 g/mol. The highest BCUT2D eigenvalue weighted by Gasteiger charge is 2.63. The number of rotatable bonds is 4. The van der Waals surface area contributed by atoms with Crippen molar-refractivity contribution in [2.45, 2.75) is 44.5 Å². The van der Waals surface area contributed by atoms with Crippen molar-refractivity contribution < 1.29 is 23.1 Å². The van der Waals surface area contributed by atoms with Crippen LogP contribution in [0.4, 0.5) is 13.2 Å². The van der Waals surface area contributed by atoms with Crippen LogP contribution in [0.3, 0.4) is 0 Å². The lowest BCUT2D eigenvalue weighted by Crippen LogP contribution is -2.56. The molecule has 0 saturated heterocycles. The summed E-state index contributed by atoms with van der Waals surface area (Å²) in [5.74, 6) is -1.08. The molecule has 0 aliphatic carbocycles. The maximum atomic E-state index is 13.3. The van der Waals surface area contributed by atoms with Gasteiger partial charge in [0.15, 0.2) is 0 Å². The maximum absolute atomic E-state index is 13.3. The van der Waals surface area contributed by atoms with Crippen molar-refractivity contribution in [3.63, 3.8) is 0 Å². The fraction of sp³-hybridized carbons (Fsp3) is 0.467.